The van der Waals surface area contributed by atoms with Crippen molar-refractivity contribution in [2.75, 3.05) is 6.54 Å². The Hall–Kier alpha value is -2.45. The Morgan fingerprint density at radius 2 is 2.07 bits per heavy atom. The average molecular weight is 391 g/mol. The molecule has 8 heteroatoms. The van der Waals surface area contributed by atoms with Crippen LogP contribution in [0.25, 0.3) is 11.3 Å². The number of benzene rings is 1. The lowest BCUT2D eigenvalue weighted by Crippen LogP contribution is -2.49. The van der Waals surface area contributed by atoms with Gasteiger partial charge in [0.25, 0.3) is 0 Å². The Labute approximate surface area is 163 Å². The number of rotatable bonds is 6. The molecule has 1 aliphatic heterocycles. The average Bonchev–Trinajstić information content (AvgIpc) is 3.10. The fraction of sp³-hybridized carbons (Fsp3) is 0.500. The quantitative estimate of drug-likeness (QED) is 0.703. The third-order valence-corrected chi connectivity index (χ3v) is 4.59. The van der Waals surface area contributed by atoms with Crippen molar-refractivity contribution in [3.05, 3.63) is 41.8 Å². The maximum atomic E-state index is 13.0. The van der Waals surface area contributed by atoms with E-state index in [4.69, 9.17) is 9.26 Å². The van der Waals surface area contributed by atoms with Gasteiger partial charge in [-0.3, -0.25) is 0 Å². The normalized spacial score (nSPS) is 22.2. The van der Waals surface area contributed by atoms with E-state index in [1.54, 1.807) is 12.1 Å². The van der Waals surface area contributed by atoms with Gasteiger partial charge in [0.05, 0.1) is 17.9 Å². The summed E-state index contributed by atoms with van der Waals surface area (Å²) in [7, 11) is 0. The predicted octanol–water partition coefficient (Wildman–Crippen LogP) is 2.64. The molecule has 0 bridgehead atoms. The molecule has 0 saturated carbocycles. The van der Waals surface area contributed by atoms with Crippen molar-refractivity contribution in [3.63, 3.8) is 0 Å². The summed E-state index contributed by atoms with van der Waals surface area (Å²) < 4.78 is 24.4. The Morgan fingerprint density at radius 1 is 1.32 bits per heavy atom. The Bertz CT molecular complexity index is 778. The van der Waals surface area contributed by atoms with Crippen LogP contribution in [0.2, 0.25) is 0 Å². The number of carbonyl (C=O) groups is 1. The van der Waals surface area contributed by atoms with Crippen LogP contribution in [0.5, 0.6) is 0 Å². The van der Waals surface area contributed by atoms with Crippen molar-refractivity contribution in [3.8, 4) is 11.3 Å². The topological polar surface area (TPSA) is 96.6 Å². The standard InChI is InChI=1S/C20H26FN3O4/c1-12(2)23-20(26)22-11-19-17(25)8-7-16(27-19)9-15-10-18(28-24-15)13-3-5-14(21)6-4-13/h3-6,10,12,16-17,19,25H,7-9,11H2,1-2H3,(H2,22,23,26)/t16-,17-,19+/m0/s1. The van der Waals surface area contributed by atoms with E-state index in [0.717, 1.165) is 11.3 Å². The number of urea groups is 1. The molecule has 2 aromatic rings. The van der Waals surface area contributed by atoms with E-state index in [2.05, 4.69) is 15.8 Å². The first-order valence-electron chi connectivity index (χ1n) is 9.50. The van der Waals surface area contributed by atoms with Crippen LogP contribution in [0, 0.1) is 5.82 Å². The highest BCUT2D eigenvalue weighted by Gasteiger charge is 2.30. The SMILES string of the molecule is CC(C)NC(=O)NC[C@H]1O[C@H](Cc2cc(-c3ccc(F)cc3)on2)CC[C@@H]1O. The minimum Gasteiger partial charge on any atom is -0.390 e. The van der Waals surface area contributed by atoms with Gasteiger partial charge < -0.3 is 25.0 Å². The van der Waals surface area contributed by atoms with Gasteiger partial charge in [0, 0.05) is 30.6 Å². The molecule has 1 saturated heterocycles. The monoisotopic (exact) mass is 391 g/mol. The van der Waals surface area contributed by atoms with Crippen LogP contribution < -0.4 is 10.6 Å². The van der Waals surface area contributed by atoms with Crippen LogP contribution in [-0.2, 0) is 11.2 Å². The third kappa shape index (κ3) is 5.53. The number of nitrogens with one attached hydrogen (secondary N) is 2. The summed E-state index contributed by atoms with van der Waals surface area (Å²) in [4.78, 5) is 11.7. The first-order chi connectivity index (χ1) is 13.4. The fourth-order valence-corrected chi connectivity index (χ4v) is 3.18. The Kier molecular flexibility index (Phi) is 6.64. The van der Waals surface area contributed by atoms with E-state index in [9.17, 15) is 14.3 Å². The number of amides is 2. The molecule has 3 N–H and O–H groups in total. The van der Waals surface area contributed by atoms with E-state index in [0.29, 0.717) is 25.0 Å². The summed E-state index contributed by atoms with van der Waals surface area (Å²) in [5, 5.41) is 19.7. The molecule has 3 rings (SSSR count). The number of ether oxygens (including phenoxy) is 1. The van der Waals surface area contributed by atoms with Crippen molar-refractivity contribution in [1.29, 1.82) is 0 Å². The molecule has 3 atom stereocenters. The van der Waals surface area contributed by atoms with Crippen LogP contribution in [0.15, 0.2) is 34.9 Å². The smallest absolute Gasteiger partial charge is 0.315 e. The second-order valence-electron chi connectivity index (χ2n) is 7.34. The molecule has 1 aliphatic rings. The van der Waals surface area contributed by atoms with E-state index in [1.165, 1.54) is 12.1 Å². The highest BCUT2D eigenvalue weighted by molar-refractivity contribution is 5.74. The van der Waals surface area contributed by atoms with Gasteiger partial charge in [-0.1, -0.05) is 5.16 Å². The number of hydrogen-bond acceptors (Lipinski definition) is 5. The van der Waals surface area contributed by atoms with Crippen LogP contribution in [0.1, 0.15) is 32.4 Å². The molecule has 152 valence electrons. The molecule has 28 heavy (non-hydrogen) atoms. The van der Waals surface area contributed by atoms with Crippen molar-refractivity contribution in [2.24, 2.45) is 0 Å². The van der Waals surface area contributed by atoms with Crippen LogP contribution in [0.3, 0.4) is 0 Å². The van der Waals surface area contributed by atoms with Gasteiger partial charge in [-0.15, -0.1) is 0 Å². The van der Waals surface area contributed by atoms with Crippen molar-refractivity contribution in [1.82, 2.24) is 15.8 Å². The maximum Gasteiger partial charge on any atom is 0.315 e. The number of nitrogens with zero attached hydrogens (tertiary/aromatic N) is 1. The molecule has 0 radical (unpaired) electrons. The first-order valence-corrected chi connectivity index (χ1v) is 9.50. The lowest BCUT2D eigenvalue weighted by atomic mass is 9.98. The van der Waals surface area contributed by atoms with Gasteiger partial charge >= 0.3 is 6.03 Å². The first kappa shape index (κ1) is 20.3. The fourth-order valence-electron chi connectivity index (χ4n) is 3.18. The van der Waals surface area contributed by atoms with Gasteiger partial charge in [0.1, 0.15) is 11.9 Å². The molecule has 0 unspecified atom stereocenters. The summed E-state index contributed by atoms with van der Waals surface area (Å²) in [6.45, 7) is 3.98. The second kappa shape index (κ2) is 9.16. The minimum atomic E-state index is -0.623. The number of halogens is 1. The zero-order valence-corrected chi connectivity index (χ0v) is 16.0. The molecule has 2 heterocycles. The molecule has 2 amide bonds. The van der Waals surface area contributed by atoms with E-state index < -0.39 is 12.2 Å². The summed E-state index contributed by atoms with van der Waals surface area (Å²) >= 11 is 0. The maximum absolute atomic E-state index is 13.0. The summed E-state index contributed by atoms with van der Waals surface area (Å²) in [5.74, 6) is 0.258. The highest BCUT2D eigenvalue weighted by atomic mass is 19.1. The molecule has 1 aromatic carbocycles. The summed E-state index contributed by atoms with van der Waals surface area (Å²) in [6.07, 6.45) is 0.587. The molecular weight excluding hydrogens is 365 g/mol. The van der Waals surface area contributed by atoms with Crippen molar-refractivity contribution in [2.45, 2.75) is 57.5 Å². The lowest BCUT2D eigenvalue weighted by Gasteiger charge is -2.33. The third-order valence-electron chi connectivity index (χ3n) is 4.59. The molecule has 1 fully saturated rings. The van der Waals surface area contributed by atoms with E-state index in [-0.39, 0.29) is 30.5 Å². The molecule has 7 nitrogen and oxygen atoms in total. The lowest BCUT2D eigenvalue weighted by molar-refractivity contribution is -0.113. The number of aliphatic hydroxyl groups excluding tert-OH is 1. The molecular formula is C20H26FN3O4. The Morgan fingerprint density at radius 3 is 2.79 bits per heavy atom. The Balaban J connectivity index is 1.54. The van der Waals surface area contributed by atoms with Gasteiger partial charge in [-0.2, -0.15) is 0 Å². The van der Waals surface area contributed by atoms with E-state index in [1.807, 2.05) is 19.9 Å². The predicted molar refractivity (Wildman–Crippen MR) is 101 cm³/mol. The summed E-state index contributed by atoms with van der Waals surface area (Å²) in [6, 6.07) is 7.58. The number of aromatic nitrogens is 1. The van der Waals surface area contributed by atoms with Crippen LogP contribution in [-0.4, -0.2) is 47.2 Å². The van der Waals surface area contributed by atoms with Crippen LogP contribution in [0.4, 0.5) is 9.18 Å². The van der Waals surface area contributed by atoms with Gasteiger partial charge in [-0.05, 0) is 51.0 Å². The molecule has 0 spiro atoms. The number of carbonyl (C=O) groups excluding carboxylic acids is 1. The molecule has 0 aliphatic carbocycles. The second-order valence-corrected chi connectivity index (χ2v) is 7.34. The zero-order valence-electron chi connectivity index (χ0n) is 16.0. The highest BCUT2D eigenvalue weighted by Crippen LogP contribution is 2.25. The molecule has 1 aromatic heterocycles. The summed E-state index contributed by atoms with van der Waals surface area (Å²) in [5.41, 5.74) is 1.48. The van der Waals surface area contributed by atoms with E-state index >= 15 is 0 Å². The number of aliphatic hydroxyl groups is 1. The largest absolute Gasteiger partial charge is 0.390 e. The van der Waals surface area contributed by atoms with Gasteiger partial charge in [0.15, 0.2) is 5.76 Å². The van der Waals surface area contributed by atoms with Crippen molar-refractivity contribution < 1.29 is 23.6 Å². The van der Waals surface area contributed by atoms with Crippen LogP contribution >= 0.6 is 0 Å². The van der Waals surface area contributed by atoms with Gasteiger partial charge in [-0.25, -0.2) is 9.18 Å². The number of hydrogen-bond donors (Lipinski definition) is 3. The van der Waals surface area contributed by atoms with Gasteiger partial charge in [0.2, 0.25) is 0 Å². The zero-order chi connectivity index (χ0) is 20.1. The minimum absolute atomic E-state index is 0.0346. The van der Waals surface area contributed by atoms with Crippen molar-refractivity contribution >= 4 is 6.03 Å².